The summed E-state index contributed by atoms with van der Waals surface area (Å²) in [5.41, 5.74) is 0.321. The third-order valence-corrected chi connectivity index (χ3v) is 3.79. The topological polar surface area (TPSA) is 30.7 Å². The highest BCUT2D eigenvalue weighted by Crippen LogP contribution is 2.44. The van der Waals surface area contributed by atoms with Gasteiger partial charge in [0.2, 0.25) is 0 Å². The Labute approximate surface area is 89.5 Å². The summed E-state index contributed by atoms with van der Waals surface area (Å²) < 4.78 is 1.96. The number of aryl methyl sites for hydroxylation is 1. The predicted molar refractivity (Wildman–Crippen MR) is 56.4 cm³/mol. The second-order valence-corrected chi connectivity index (χ2v) is 4.42. The molecule has 4 heteroatoms. The average molecular weight is 214 g/mol. The summed E-state index contributed by atoms with van der Waals surface area (Å²) in [5.74, 6) is 1.84. The molecular formula is C10H16ClN3. The first-order valence-electron chi connectivity index (χ1n) is 5.22. The van der Waals surface area contributed by atoms with Gasteiger partial charge in [-0.15, -0.1) is 11.6 Å². The number of aromatic nitrogens is 3. The molecule has 0 N–H and O–H groups in total. The van der Waals surface area contributed by atoms with Crippen molar-refractivity contribution < 1.29 is 0 Å². The molecule has 1 aromatic heterocycles. The van der Waals surface area contributed by atoms with Gasteiger partial charge in [0, 0.05) is 18.8 Å². The van der Waals surface area contributed by atoms with E-state index in [0.717, 1.165) is 24.7 Å². The summed E-state index contributed by atoms with van der Waals surface area (Å²) in [6, 6.07) is 0. The predicted octanol–water partition coefficient (Wildman–Crippen LogP) is 2.25. The minimum absolute atomic E-state index is 0.321. The van der Waals surface area contributed by atoms with Gasteiger partial charge >= 0.3 is 0 Å². The van der Waals surface area contributed by atoms with Gasteiger partial charge in [-0.3, -0.25) is 4.68 Å². The Morgan fingerprint density at radius 3 is 2.86 bits per heavy atom. The zero-order valence-corrected chi connectivity index (χ0v) is 9.30. The van der Waals surface area contributed by atoms with Crippen molar-refractivity contribution in [3.8, 4) is 0 Å². The van der Waals surface area contributed by atoms with Gasteiger partial charge in [0.25, 0.3) is 0 Å². The lowest BCUT2D eigenvalue weighted by Gasteiger charge is -2.39. The Morgan fingerprint density at radius 2 is 2.36 bits per heavy atom. The molecule has 0 atom stereocenters. The van der Waals surface area contributed by atoms with Crippen LogP contribution in [-0.4, -0.2) is 20.6 Å². The van der Waals surface area contributed by atoms with Crippen molar-refractivity contribution in [2.75, 3.05) is 5.88 Å². The molecule has 0 aromatic carbocycles. The van der Waals surface area contributed by atoms with Crippen molar-refractivity contribution in [2.24, 2.45) is 5.41 Å². The van der Waals surface area contributed by atoms with E-state index in [-0.39, 0.29) is 0 Å². The van der Waals surface area contributed by atoms with Gasteiger partial charge in [0.05, 0.1) is 0 Å². The molecule has 78 valence electrons. The number of nitrogens with zero attached hydrogens (tertiary/aromatic N) is 3. The van der Waals surface area contributed by atoms with E-state index in [1.54, 1.807) is 6.33 Å². The molecule has 1 fully saturated rings. The summed E-state index contributed by atoms with van der Waals surface area (Å²) in [5, 5.41) is 4.17. The quantitative estimate of drug-likeness (QED) is 0.719. The maximum Gasteiger partial charge on any atom is 0.138 e. The van der Waals surface area contributed by atoms with Crippen LogP contribution in [0.3, 0.4) is 0 Å². The zero-order valence-electron chi connectivity index (χ0n) is 8.54. The largest absolute Gasteiger partial charge is 0.250 e. The number of hydrogen-bond acceptors (Lipinski definition) is 2. The molecule has 0 unspecified atom stereocenters. The SMILES string of the molecule is CCn1ncnc1CC1(CCl)CCC1. The lowest BCUT2D eigenvalue weighted by Crippen LogP contribution is -2.34. The van der Waals surface area contributed by atoms with Crippen LogP contribution in [0.1, 0.15) is 32.0 Å². The molecule has 1 aliphatic carbocycles. The normalized spacial score (nSPS) is 19.3. The highest BCUT2D eigenvalue weighted by molar-refractivity contribution is 6.18. The first-order chi connectivity index (χ1) is 6.79. The van der Waals surface area contributed by atoms with E-state index in [4.69, 9.17) is 11.6 Å². The van der Waals surface area contributed by atoms with Crippen molar-refractivity contribution in [3.63, 3.8) is 0 Å². The van der Waals surface area contributed by atoms with Crippen LogP contribution >= 0.6 is 11.6 Å². The van der Waals surface area contributed by atoms with E-state index < -0.39 is 0 Å². The van der Waals surface area contributed by atoms with Crippen molar-refractivity contribution in [2.45, 2.75) is 39.2 Å². The Kier molecular flexibility index (Phi) is 2.77. The van der Waals surface area contributed by atoms with Crippen LogP contribution in [0.15, 0.2) is 6.33 Å². The molecular weight excluding hydrogens is 198 g/mol. The maximum absolute atomic E-state index is 6.02. The number of hydrogen-bond donors (Lipinski definition) is 0. The fraction of sp³-hybridized carbons (Fsp3) is 0.800. The van der Waals surface area contributed by atoms with Gasteiger partial charge in [0.1, 0.15) is 12.2 Å². The van der Waals surface area contributed by atoms with E-state index in [1.807, 2.05) is 4.68 Å². The fourth-order valence-corrected chi connectivity index (χ4v) is 2.42. The molecule has 1 saturated carbocycles. The molecule has 1 aliphatic rings. The van der Waals surface area contributed by atoms with Gasteiger partial charge in [-0.2, -0.15) is 5.10 Å². The van der Waals surface area contributed by atoms with Crippen LogP contribution in [0.4, 0.5) is 0 Å². The molecule has 2 rings (SSSR count). The second-order valence-electron chi connectivity index (χ2n) is 4.16. The molecule has 0 bridgehead atoms. The third kappa shape index (κ3) is 1.65. The van der Waals surface area contributed by atoms with E-state index in [0.29, 0.717) is 5.41 Å². The van der Waals surface area contributed by atoms with Crippen molar-refractivity contribution in [1.29, 1.82) is 0 Å². The third-order valence-electron chi connectivity index (χ3n) is 3.23. The van der Waals surface area contributed by atoms with Crippen LogP contribution in [0.5, 0.6) is 0 Å². The Hall–Kier alpha value is -0.570. The van der Waals surface area contributed by atoms with E-state index >= 15 is 0 Å². The van der Waals surface area contributed by atoms with Gasteiger partial charge in [0.15, 0.2) is 0 Å². The Balaban J connectivity index is 2.09. The van der Waals surface area contributed by atoms with Crippen molar-refractivity contribution in [1.82, 2.24) is 14.8 Å². The molecule has 1 aromatic rings. The van der Waals surface area contributed by atoms with Gasteiger partial charge in [-0.25, -0.2) is 4.98 Å². The standard InChI is InChI=1S/C10H16ClN3/c1-2-14-9(12-8-13-14)6-10(7-11)4-3-5-10/h8H,2-7H2,1H3. The first-order valence-corrected chi connectivity index (χ1v) is 5.76. The minimum Gasteiger partial charge on any atom is -0.250 e. The summed E-state index contributed by atoms with van der Waals surface area (Å²) >= 11 is 6.02. The monoisotopic (exact) mass is 213 g/mol. The van der Waals surface area contributed by atoms with Crippen LogP contribution in [0.2, 0.25) is 0 Å². The van der Waals surface area contributed by atoms with E-state index in [2.05, 4.69) is 17.0 Å². The van der Waals surface area contributed by atoms with Crippen LogP contribution in [0.25, 0.3) is 0 Å². The van der Waals surface area contributed by atoms with Crippen molar-refractivity contribution >= 4 is 11.6 Å². The lowest BCUT2D eigenvalue weighted by atomic mass is 9.68. The summed E-state index contributed by atoms with van der Waals surface area (Å²) in [6.45, 7) is 2.99. The van der Waals surface area contributed by atoms with Crippen LogP contribution in [0, 0.1) is 5.41 Å². The Bertz CT molecular complexity index is 299. The number of halogens is 1. The Morgan fingerprint density at radius 1 is 1.57 bits per heavy atom. The summed E-state index contributed by atoms with van der Waals surface area (Å²) in [4.78, 5) is 4.30. The molecule has 0 aliphatic heterocycles. The molecule has 0 spiro atoms. The minimum atomic E-state index is 0.321. The van der Waals surface area contributed by atoms with Gasteiger partial charge in [-0.05, 0) is 25.2 Å². The highest BCUT2D eigenvalue weighted by Gasteiger charge is 2.37. The van der Waals surface area contributed by atoms with Crippen molar-refractivity contribution in [3.05, 3.63) is 12.2 Å². The number of rotatable bonds is 4. The van der Waals surface area contributed by atoms with Gasteiger partial charge < -0.3 is 0 Å². The van der Waals surface area contributed by atoms with Gasteiger partial charge in [-0.1, -0.05) is 6.42 Å². The average Bonchev–Trinajstić information content (AvgIpc) is 2.58. The van der Waals surface area contributed by atoms with Crippen LogP contribution in [-0.2, 0) is 13.0 Å². The molecule has 3 nitrogen and oxygen atoms in total. The maximum atomic E-state index is 6.02. The molecule has 14 heavy (non-hydrogen) atoms. The summed E-state index contributed by atoms with van der Waals surface area (Å²) in [6.07, 6.45) is 6.43. The highest BCUT2D eigenvalue weighted by atomic mass is 35.5. The fourth-order valence-electron chi connectivity index (χ4n) is 2.06. The molecule has 0 saturated heterocycles. The molecule has 0 radical (unpaired) electrons. The van der Waals surface area contributed by atoms with Crippen LogP contribution < -0.4 is 0 Å². The van der Waals surface area contributed by atoms with E-state index in [1.165, 1.54) is 19.3 Å². The number of alkyl halides is 1. The summed E-state index contributed by atoms with van der Waals surface area (Å²) in [7, 11) is 0. The lowest BCUT2D eigenvalue weighted by molar-refractivity contribution is 0.160. The second kappa shape index (κ2) is 3.89. The van der Waals surface area contributed by atoms with E-state index in [9.17, 15) is 0 Å². The zero-order chi connectivity index (χ0) is 10.0. The first kappa shape index (κ1) is 9.97. The smallest absolute Gasteiger partial charge is 0.138 e. The molecule has 1 heterocycles. The molecule has 0 amide bonds.